The number of hydrogen-bond acceptors (Lipinski definition) is 5. The van der Waals surface area contributed by atoms with Crippen molar-refractivity contribution < 1.29 is 14.3 Å². The van der Waals surface area contributed by atoms with E-state index in [0.717, 1.165) is 35.4 Å². The van der Waals surface area contributed by atoms with E-state index in [1.54, 1.807) is 6.07 Å². The van der Waals surface area contributed by atoms with Gasteiger partial charge >= 0.3 is 6.03 Å². The van der Waals surface area contributed by atoms with Crippen LogP contribution >= 0.6 is 0 Å². The zero-order chi connectivity index (χ0) is 22.2. The van der Waals surface area contributed by atoms with E-state index in [1.807, 2.05) is 53.6 Å². The number of carbonyl (C=O) groups excluding carboxylic acids is 1. The Morgan fingerprint density at radius 3 is 2.64 bits per heavy atom. The van der Waals surface area contributed by atoms with Gasteiger partial charge in [0, 0.05) is 42.6 Å². The molecular weight excluding hydrogens is 418 g/mol. The summed E-state index contributed by atoms with van der Waals surface area (Å²) in [6, 6.07) is 19.7. The normalized spacial score (nSPS) is 15.7. The lowest BCUT2D eigenvalue weighted by atomic mass is 10.0. The summed E-state index contributed by atoms with van der Waals surface area (Å²) < 4.78 is 13.0. The summed E-state index contributed by atoms with van der Waals surface area (Å²) in [4.78, 5) is 24.2. The van der Waals surface area contributed by atoms with Crippen molar-refractivity contribution in [2.75, 3.05) is 25.2 Å². The van der Waals surface area contributed by atoms with Gasteiger partial charge in [-0.05, 0) is 37.1 Å². The molecule has 2 amide bonds. The first kappa shape index (κ1) is 19.6. The van der Waals surface area contributed by atoms with E-state index < -0.39 is 0 Å². The van der Waals surface area contributed by atoms with Gasteiger partial charge in [-0.2, -0.15) is 0 Å². The highest BCUT2D eigenvalue weighted by molar-refractivity contribution is 5.90. The predicted molar refractivity (Wildman–Crippen MR) is 124 cm³/mol. The van der Waals surface area contributed by atoms with E-state index in [4.69, 9.17) is 14.5 Å². The summed E-state index contributed by atoms with van der Waals surface area (Å²) in [5.41, 5.74) is 3.54. The number of hydrogen-bond donors (Lipinski definition) is 1. The van der Waals surface area contributed by atoms with Crippen molar-refractivity contribution >= 4 is 22.9 Å². The number of carbonyl (C=O) groups is 1. The van der Waals surface area contributed by atoms with Gasteiger partial charge in [-0.25, -0.2) is 14.8 Å². The predicted octanol–water partition coefficient (Wildman–Crippen LogP) is 4.70. The number of rotatable bonds is 3. The highest BCUT2D eigenvalue weighted by Crippen LogP contribution is 2.35. The molecule has 0 spiro atoms. The van der Waals surface area contributed by atoms with Crippen LogP contribution in [0.3, 0.4) is 0 Å². The number of fused-ring (bicyclic) bond motifs is 2. The molecule has 0 atom stereocenters. The first-order valence-electron chi connectivity index (χ1n) is 11.1. The zero-order valence-electron chi connectivity index (χ0n) is 18.0. The van der Waals surface area contributed by atoms with Gasteiger partial charge in [0.25, 0.3) is 0 Å². The molecule has 8 nitrogen and oxygen atoms in total. The van der Waals surface area contributed by atoms with Gasteiger partial charge in [0.05, 0.1) is 0 Å². The molecule has 0 unspecified atom stereocenters. The second-order valence-electron chi connectivity index (χ2n) is 8.23. The Kier molecular flexibility index (Phi) is 4.83. The van der Waals surface area contributed by atoms with Crippen molar-refractivity contribution in [1.82, 2.24) is 19.4 Å². The van der Waals surface area contributed by atoms with E-state index in [0.29, 0.717) is 30.3 Å². The monoisotopic (exact) mass is 441 g/mol. The van der Waals surface area contributed by atoms with Crippen LogP contribution < -0.4 is 14.8 Å². The molecule has 1 N–H and O–H groups in total. The molecule has 0 saturated carbocycles. The molecule has 2 aliphatic heterocycles. The van der Waals surface area contributed by atoms with Crippen molar-refractivity contribution in [2.24, 2.45) is 0 Å². The fourth-order valence-electron chi connectivity index (χ4n) is 4.57. The number of amides is 2. The largest absolute Gasteiger partial charge is 0.454 e. The molecule has 1 saturated heterocycles. The van der Waals surface area contributed by atoms with E-state index in [2.05, 4.69) is 27.0 Å². The van der Waals surface area contributed by atoms with Crippen LogP contribution in [0.15, 0.2) is 66.9 Å². The van der Waals surface area contributed by atoms with Gasteiger partial charge in [0.2, 0.25) is 6.79 Å². The summed E-state index contributed by atoms with van der Waals surface area (Å²) in [5, 5.41) is 2.98. The van der Waals surface area contributed by atoms with Gasteiger partial charge in [-0.3, -0.25) is 0 Å². The van der Waals surface area contributed by atoms with Crippen LogP contribution in [-0.2, 0) is 0 Å². The van der Waals surface area contributed by atoms with E-state index in [-0.39, 0.29) is 18.9 Å². The molecule has 2 aromatic heterocycles. The molecule has 2 aromatic carbocycles. The SMILES string of the molecule is O=C(Nc1ccc2c(c1)OCO2)N1CCC(n2c(-c3ccccc3)nc3cccnc32)CC1. The van der Waals surface area contributed by atoms with E-state index >= 15 is 0 Å². The summed E-state index contributed by atoms with van der Waals surface area (Å²) in [6.07, 6.45) is 3.47. The number of urea groups is 1. The summed E-state index contributed by atoms with van der Waals surface area (Å²) in [6.45, 7) is 1.52. The fraction of sp³-hybridized carbons (Fsp3) is 0.240. The summed E-state index contributed by atoms with van der Waals surface area (Å²) in [7, 11) is 0. The highest BCUT2D eigenvalue weighted by atomic mass is 16.7. The molecular formula is C25H23N5O3. The summed E-state index contributed by atoms with van der Waals surface area (Å²) >= 11 is 0. The van der Waals surface area contributed by atoms with E-state index in [1.165, 1.54) is 0 Å². The lowest BCUT2D eigenvalue weighted by Gasteiger charge is -2.33. The number of ether oxygens (including phenoxy) is 2. The molecule has 1 fully saturated rings. The number of nitrogens with one attached hydrogen (secondary N) is 1. The smallest absolute Gasteiger partial charge is 0.321 e. The Balaban J connectivity index is 1.20. The number of anilines is 1. The Hall–Kier alpha value is -4.07. The van der Waals surface area contributed by atoms with Gasteiger partial charge < -0.3 is 24.3 Å². The maximum atomic E-state index is 12.9. The molecule has 4 heterocycles. The number of imidazole rings is 1. The minimum absolute atomic E-state index is 0.107. The maximum absolute atomic E-state index is 12.9. The maximum Gasteiger partial charge on any atom is 0.321 e. The van der Waals surface area contributed by atoms with Gasteiger partial charge in [-0.15, -0.1) is 0 Å². The molecule has 33 heavy (non-hydrogen) atoms. The lowest BCUT2D eigenvalue weighted by molar-refractivity contribution is 0.174. The molecule has 4 aromatic rings. The average molecular weight is 441 g/mol. The Morgan fingerprint density at radius 1 is 0.970 bits per heavy atom. The Morgan fingerprint density at radius 2 is 1.79 bits per heavy atom. The highest BCUT2D eigenvalue weighted by Gasteiger charge is 2.28. The topological polar surface area (TPSA) is 81.5 Å². The van der Waals surface area contributed by atoms with Crippen molar-refractivity contribution in [3.05, 3.63) is 66.9 Å². The third kappa shape index (κ3) is 3.63. The second-order valence-corrected chi connectivity index (χ2v) is 8.23. The second kappa shape index (κ2) is 8.12. The van der Waals surface area contributed by atoms with Crippen LogP contribution in [0.25, 0.3) is 22.6 Å². The average Bonchev–Trinajstić information content (AvgIpc) is 3.49. The molecule has 2 aliphatic rings. The number of aromatic nitrogens is 3. The van der Waals surface area contributed by atoms with Crippen LogP contribution in [0.2, 0.25) is 0 Å². The van der Waals surface area contributed by atoms with Crippen LogP contribution in [0.1, 0.15) is 18.9 Å². The van der Waals surface area contributed by atoms with Crippen molar-refractivity contribution in [3.63, 3.8) is 0 Å². The molecule has 8 heteroatoms. The van der Waals surface area contributed by atoms with Gasteiger partial charge in [-0.1, -0.05) is 30.3 Å². The van der Waals surface area contributed by atoms with Gasteiger partial charge in [0.15, 0.2) is 17.1 Å². The fourth-order valence-corrected chi connectivity index (χ4v) is 4.57. The number of nitrogens with zero attached hydrogens (tertiary/aromatic N) is 4. The quantitative estimate of drug-likeness (QED) is 0.499. The minimum Gasteiger partial charge on any atom is -0.454 e. The molecule has 6 rings (SSSR count). The van der Waals surface area contributed by atoms with Crippen molar-refractivity contribution in [2.45, 2.75) is 18.9 Å². The third-order valence-electron chi connectivity index (χ3n) is 6.22. The van der Waals surface area contributed by atoms with Crippen LogP contribution in [0.4, 0.5) is 10.5 Å². The first-order chi connectivity index (χ1) is 16.3. The number of likely N-dealkylation sites (tertiary alicyclic amines) is 1. The number of pyridine rings is 1. The third-order valence-corrected chi connectivity index (χ3v) is 6.22. The lowest BCUT2D eigenvalue weighted by Crippen LogP contribution is -2.41. The standard InChI is InChI=1S/C25H23N5O3/c31-25(27-18-8-9-21-22(15-18)33-16-32-21)29-13-10-19(11-14-29)30-23(17-5-2-1-3-6-17)28-20-7-4-12-26-24(20)30/h1-9,12,15,19H,10-11,13-14,16H2,(H,27,31). The Bertz CT molecular complexity index is 1310. The van der Waals surface area contributed by atoms with Crippen LogP contribution in [0.5, 0.6) is 11.5 Å². The first-order valence-corrected chi connectivity index (χ1v) is 11.1. The number of benzene rings is 2. The van der Waals surface area contributed by atoms with E-state index in [9.17, 15) is 4.79 Å². The minimum atomic E-state index is -0.107. The van der Waals surface area contributed by atoms with Crippen molar-refractivity contribution in [3.8, 4) is 22.9 Å². The molecule has 0 bridgehead atoms. The molecule has 0 radical (unpaired) electrons. The van der Waals surface area contributed by atoms with Crippen molar-refractivity contribution in [1.29, 1.82) is 0 Å². The zero-order valence-corrected chi connectivity index (χ0v) is 18.0. The Labute approximate surface area is 190 Å². The van der Waals surface area contributed by atoms with Crippen LogP contribution in [-0.4, -0.2) is 45.3 Å². The summed E-state index contributed by atoms with van der Waals surface area (Å²) in [5.74, 6) is 2.27. The molecule has 0 aliphatic carbocycles. The van der Waals surface area contributed by atoms with Gasteiger partial charge in [0.1, 0.15) is 11.3 Å². The molecule has 166 valence electrons. The number of piperidine rings is 1. The van der Waals surface area contributed by atoms with Crippen LogP contribution in [0, 0.1) is 0 Å².